The van der Waals surface area contributed by atoms with E-state index in [0.717, 1.165) is 15.7 Å². The average molecular weight is 609 g/mol. The Labute approximate surface area is 238 Å². The minimum atomic E-state index is -0.413. The van der Waals surface area contributed by atoms with Crippen molar-refractivity contribution in [3.05, 3.63) is 99.8 Å². The lowest BCUT2D eigenvalue weighted by atomic mass is 10.1. The summed E-state index contributed by atoms with van der Waals surface area (Å²) in [6, 6.07) is 21.4. The van der Waals surface area contributed by atoms with Crippen LogP contribution in [0.2, 0.25) is 0 Å². The zero-order valence-corrected chi connectivity index (χ0v) is 23.7. The molecule has 1 heterocycles. The van der Waals surface area contributed by atoms with Crippen molar-refractivity contribution in [3.63, 3.8) is 0 Å². The van der Waals surface area contributed by atoms with E-state index >= 15 is 0 Å². The summed E-state index contributed by atoms with van der Waals surface area (Å²) in [5.41, 5.74) is 3.32. The Kier molecular flexibility index (Phi) is 9.50. The third kappa shape index (κ3) is 7.55. The summed E-state index contributed by atoms with van der Waals surface area (Å²) in [6.45, 7) is 4.11. The van der Waals surface area contributed by atoms with E-state index in [2.05, 4.69) is 36.8 Å². The van der Waals surface area contributed by atoms with Crippen molar-refractivity contribution >= 4 is 51.2 Å². The second kappa shape index (κ2) is 13.2. The molecule has 0 saturated carbocycles. The molecular formula is C28H26BrN5O4S. The number of nitrogens with one attached hydrogen (secondary N) is 2. The molecule has 0 spiro atoms. The Balaban J connectivity index is 1.45. The van der Waals surface area contributed by atoms with Crippen molar-refractivity contribution in [1.82, 2.24) is 20.1 Å². The van der Waals surface area contributed by atoms with Gasteiger partial charge in [0.05, 0.1) is 24.5 Å². The number of carbonyl (C=O) groups excluding carboxylic acids is 3. The number of carbonyl (C=O) groups is 3. The Morgan fingerprint density at radius 1 is 0.974 bits per heavy atom. The van der Waals surface area contributed by atoms with Crippen LogP contribution in [-0.2, 0) is 16.1 Å². The standard InChI is InChI=1S/C28H26BrN5O4S/c1-3-38-27(37)19-7-11-22(12-8-19)31-25(35)17-39-28-33-32-24(34(28)23-13-9-21(29)10-14-23)16-30-26(36)20-6-4-5-18(2)15-20/h4-15H,3,16-17H2,1-2H3,(H,30,36)(H,31,35). The summed E-state index contributed by atoms with van der Waals surface area (Å²) in [7, 11) is 0. The smallest absolute Gasteiger partial charge is 0.338 e. The van der Waals surface area contributed by atoms with Gasteiger partial charge in [0.15, 0.2) is 11.0 Å². The van der Waals surface area contributed by atoms with E-state index in [1.807, 2.05) is 54.0 Å². The van der Waals surface area contributed by atoms with Crippen molar-refractivity contribution in [2.45, 2.75) is 25.5 Å². The predicted molar refractivity (Wildman–Crippen MR) is 153 cm³/mol. The first-order chi connectivity index (χ1) is 18.8. The third-order valence-electron chi connectivity index (χ3n) is 5.48. The molecule has 0 saturated heterocycles. The number of rotatable bonds is 10. The van der Waals surface area contributed by atoms with Gasteiger partial charge in [-0.25, -0.2) is 4.79 Å². The topological polar surface area (TPSA) is 115 Å². The van der Waals surface area contributed by atoms with Gasteiger partial charge in [0.1, 0.15) is 0 Å². The van der Waals surface area contributed by atoms with Crippen LogP contribution in [0.5, 0.6) is 0 Å². The lowest BCUT2D eigenvalue weighted by Gasteiger charge is -2.12. The number of ether oxygens (including phenoxy) is 1. The Bertz CT molecular complexity index is 1470. The molecule has 0 aliphatic carbocycles. The van der Waals surface area contributed by atoms with Crippen LogP contribution in [0.3, 0.4) is 0 Å². The number of anilines is 1. The first kappa shape index (κ1) is 28.1. The molecule has 0 aliphatic heterocycles. The fourth-order valence-corrected chi connectivity index (χ4v) is 4.67. The van der Waals surface area contributed by atoms with Gasteiger partial charge in [-0.3, -0.25) is 14.2 Å². The van der Waals surface area contributed by atoms with Crippen LogP contribution >= 0.6 is 27.7 Å². The van der Waals surface area contributed by atoms with Gasteiger partial charge in [-0.1, -0.05) is 45.4 Å². The number of aryl methyl sites for hydroxylation is 1. The highest BCUT2D eigenvalue weighted by molar-refractivity contribution is 9.10. The molecule has 4 rings (SSSR count). The SMILES string of the molecule is CCOC(=O)c1ccc(NC(=O)CSc2nnc(CNC(=O)c3cccc(C)c3)n2-c2ccc(Br)cc2)cc1. The first-order valence-electron chi connectivity index (χ1n) is 12.1. The fourth-order valence-electron chi connectivity index (χ4n) is 3.64. The van der Waals surface area contributed by atoms with Crippen molar-refractivity contribution in [2.24, 2.45) is 0 Å². The molecule has 0 bridgehead atoms. The number of amides is 2. The van der Waals surface area contributed by atoms with Crippen LogP contribution in [0.25, 0.3) is 5.69 Å². The highest BCUT2D eigenvalue weighted by atomic mass is 79.9. The number of benzene rings is 3. The van der Waals surface area contributed by atoms with E-state index in [0.29, 0.717) is 34.4 Å². The monoisotopic (exact) mass is 607 g/mol. The molecular weight excluding hydrogens is 582 g/mol. The molecule has 0 atom stereocenters. The molecule has 2 N–H and O–H groups in total. The lowest BCUT2D eigenvalue weighted by molar-refractivity contribution is -0.113. The molecule has 0 radical (unpaired) electrons. The van der Waals surface area contributed by atoms with Gasteiger partial charge < -0.3 is 15.4 Å². The van der Waals surface area contributed by atoms with E-state index in [9.17, 15) is 14.4 Å². The zero-order chi connectivity index (χ0) is 27.8. The van der Waals surface area contributed by atoms with E-state index in [1.54, 1.807) is 37.3 Å². The van der Waals surface area contributed by atoms with Crippen molar-refractivity contribution in [2.75, 3.05) is 17.7 Å². The molecule has 0 fully saturated rings. The van der Waals surface area contributed by atoms with E-state index in [4.69, 9.17) is 4.74 Å². The number of hydrogen-bond acceptors (Lipinski definition) is 7. The average Bonchev–Trinajstić information content (AvgIpc) is 3.34. The summed E-state index contributed by atoms with van der Waals surface area (Å²) in [5.74, 6) is -0.278. The van der Waals surface area contributed by atoms with E-state index < -0.39 is 5.97 Å². The Morgan fingerprint density at radius 2 is 1.72 bits per heavy atom. The normalized spacial score (nSPS) is 10.6. The second-order valence-electron chi connectivity index (χ2n) is 8.40. The Hall–Kier alpha value is -3.96. The largest absolute Gasteiger partial charge is 0.462 e. The van der Waals surface area contributed by atoms with Crippen LogP contribution < -0.4 is 10.6 Å². The highest BCUT2D eigenvalue weighted by Gasteiger charge is 2.17. The lowest BCUT2D eigenvalue weighted by Crippen LogP contribution is -2.24. The quantitative estimate of drug-likeness (QED) is 0.189. The van der Waals surface area contributed by atoms with Gasteiger partial charge in [0, 0.05) is 21.4 Å². The van der Waals surface area contributed by atoms with Gasteiger partial charge >= 0.3 is 5.97 Å². The second-order valence-corrected chi connectivity index (χ2v) is 10.3. The molecule has 2 amide bonds. The molecule has 1 aromatic heterocycles. The summed E-state index contributed by atoms with van der Waals surface area (Å²) in [5, 5.41) is 14.8. The Morgan fingerprint density at radius 3 is 2.41 bits per heavy atom. The van der Waals surface area contributed by atoms with Crippen LogP contribution in [0.4, 0.5) is 5.69 Å². The van der Waals surface area contributed by atoms with Crippen LogP contribution in [-0.4, -0.2) is 44.9 Å². The first-order valence-corrected chi connectivity index (χ1v) is 13.9. The molecule has 0 unspecified atom stereocenters. The van der Waals surface area contributed by atoms with E-state index in [-0.39, 0.29) is 24.1 Å². The van der Waals surface area contributed by atoms with Crippen LogP contribution in [0, 0.1) is 6.92 Å². The fraction of sp³-hybridized carbons (Fsp3) is 0.179. The maximum atomic E-state index is 12.7. The number of aromatic nitrogens is 3. The molecule has 200 valence electrons. The minimum absolute atomic E-state index is 0.0734. The van der Waals surface area contributed by atoms with Gasteiger partial charge in [0.25, 0.3) is 5.91 Å². The number of esters is 1. The zero-order valence-electron chi connectivity index (χ0n) is 21.3. The predicted octanol–water partition coefficient (Wildman–Crippen LogP) is 5.18. The maximum absolute atomic E-state index is 12.7. The van der Waals surface area contributed by atoms with Gasteiger partial charge in [-0.05, 0) is 74.5 Å². The number of thioether (sulfide) groups is 1. The van der Waals surface area contributed by atoms with Crippen LogP contribution in [0.15, 0.2) is 82.4 Å². The van der Waals surface area contributed by atoms with E-state index in [1.165, 1.54) is 11.8 Å². The van der Waals surface area contributed by atoms with Crippen molar-refractivity contribution < 1.29 is 19.1 Å². The number of hydrogen-bond donors (Lipinski definition) is 2. The molecule has 3 aromatic carbocycles. The van der Waals surface area contributed by atoms with Gasteiger partial charge in [-0.15, -0.1) is 10.2 Å². The minimum Gasteiger partial charge on any atom is -0.462 e. The molecule has 4 aromatic rings. The third-order valence-corrected chi connectivity index (χ3v) is 6.94. The summed E-state index contributed by atoms with van der Waals surface area (Å²) in [6.07, 6.45) is 0. The highest BCUT2D eigenvalue weighted by Crippen LogP contribution is 2.24. The van der Waals surface area contributed by atoms with Gasteiger partial charge in [-0.2, -0.15) is 0 Å². The summed E-state index contributed by atoms with van der Waals surface area (Å²) < 4.78 is 7.71. The summed E-state index contributed by atoms with van der Waals surface area (Å²) in [4.78, 5) is 37.2. The molecule has 11 heteroatoms. The van der Waals surface area contributed by atoms with Crippen molar-refractivity contribution in [3.8, 4) is 5.69 Å². The molecule has 39 heavy (non-hydrogen) atoms. The maximum Gasteiger partial charge on any atom is 0.338 e. The summed E-state index contributed by atoms with van der Waals surface area (Å²) >= 11 is 4.67. The van der Waals surface area contributed by atoms with Gasteiger partial charge in [0.2, 0.25) is 5.91 Å². The number of nitrogens with zero attached hydrogens (tertiary/aromatic N) is 3. The number of halogens is 1. The van der Waals surface area contributed by atoms with Crippen LogP contribution in [0.1, 0.15) is 39.0 Å². The molecule has 9 nitrogen and oxygen atoms in total. The van der Waals surface area contributed by atoms with Crippen molar-refractivity contribution in [1.29, 1.82) is 0 Å². The molecule has 0 aliphatic rings.